The standard InChI is InChI=1S/C28H32N4O4/c33-22-7-8-24-23(14-22)25(31-30-24)26(34)32-12-10-18-13-21(6-5-20(18)16-32)29-27(35)28(36)11-9-17-3-1-2-4-19(17)15-28/h1-4,7-8,14,18,20-21,33,36H,5-6,9-13,15-16H2,(H,29,35)(H,30,31). The van der Waals surface area contributed by atoms with Crippen LogP contribution in [0.15, 0.2) is 42.5 Å². The lowest BCUT2D eigenvalue weighted by molar-refractivity contribution is -0.142. The Morgan fingerprint density at radius 1 is 1.08 bits per heavy atom. The van der Waals surface area contributed by atoms with Crippen molar-refractivity contribution in [2.24, 2.45) is 11.8 Å². The van der Waals surface area contributed by atoms with Gasteiger partial charge >= 0.3 is 0 Å². The first kappa shape index (κ1) is 23.0. The van der Waals surface area contributed by atoms with Gasteiger partial charge in [0.25, 0.3) is 11.8 Å². The zero-order chi connectivity index (χ0) is 24.9. The van der Waals surface area contributed by atoms with Gasteiger partial charge < -0.3 is 20.4 Å². The van der Waals surface area contributed by atoms with Gasteiger partial charge in [-0.25, -0.2) is 0 Å². The van der Waals surface area contributed by atoms with E-state index in [1.54, 1.807) is 18.2 Å². The fourth-order valence-corrected chi connectivity index (χ4v) is 6.48. The van der Waals surface area contributed by atoms with Crippen LogP contribution in [0, 0.1) is 11.8 Å². The van der Waals surface area contributed by atoms with Crippen LogP contribution < -0.4 is 5.32 Å². The first-order chi connectivity index (χ1) is 17.4. The van der Waals surface area contributed by atoms with E-state index in [-0.39, 0.29) is 23.6 Å². The highest BCUT2D eigenvalue weighted by Crippen LogP contribution is 2.38. The van der Waals surface area contributed by atoms with Gasteiger partial charge in [0.15, 0.2) is 5.69 Å². The van der Waals surface area contributed by atoms with Crippen LogP contribution >= 0.6 is 0 Å². The van der Waals surface area contributed by atoms with E-state index in [0.29, 0.717) is 55.3 Å². The van der Waals surface area contributed by atoms with E-state index in [9.17, 15) is 19.8 Å². The number of H-pyrrole nitrogens is 1. The molecule has 2 fully saturated rings. The maximum Gasteiger partial charge on any atom is 0.275 e. The normalized spacial score (nSPS) is 27.8. The van der Waals surface area contributed by atoms with Crippen molar-refractivity contribution in [2.45, 2.75) is 56.6 Å². The second-order valence-corrected chi connectivity index (χ2v) is 10.8. The maximum absolute atomic E-state index is 13.2. The summed E-state index contributed by atoms with van der Waals surface area (Å²) >= 11 is 0. The number of rotatable bonds is 3. The van der Waals surface area contributed by atoms with Gasteiger partial charge in [-0.15, -0.1) is 0 Å². The largest absolute Gasteiger partial charge is 0.508 e. The number of nitrogens with zero attached hydrogens (tertiary/aromatic N) is 2. The second-order valence-electron chi connectivity index (χ2n) is 10.8. The molecule has 1 saturated heterocycles. The topological polar surface area (TPSA) is 119 Å². The molecular formula is C28H32N4O4. The molecule has 6 rings (SSSR count). The number of aliphatic hydroxyl groups is 1. The van der Waals surface area contributed by atoms with Crippen molar-refractivity contribution in [3.8, 4) is 5.75 Å². The Morgan fingerprint density at radius 3 is 2.78 bits per heavy atom. The van der Waals surface area contributed by atoms with Crippen molar-refractivity contribution in [3.63, 3.8) is 0 Å². The fraction of sp³-hybridized carbons (Fsp3) is 0.464. The number of carbonyl (C=O) groups excluding carboxylic acids is 2. The number of aromatic hydroxyl groups is 1. The van der Waals surface area contributed by atoms with E-state index < -0.39 is 5.60 Å². The highest BCUT2D eigenvalue weighted by Gasteiger charge is 2.42. The zero-order valence-corrected chi connectivity index (χ0v) is 20.2. The molecule has 0 bridgehead atoms. The van der Waals surface area contributed by atoms with E-state index in [2.05, 4.69) is 21.6 Å². The highest BCUT2D eigenvalue weighted by molar-refractivity contribution is 6.05. The van der Waals surface area contributed by atoms with Crippen LogP contribution in [0.25, 0.3) is 10.9 Å². The van der Waals surface area contributed by atoms with Crippen LogP contribution in [0.4, 0.5) is 0 Å². The Labute approximate surface area is 209 Å². The Morgan fingerprint density at radius 2 is 1.92 bits per heavy atom. The van der Waals surface area contributed by atoms with E-state index in [4.69, 9.17) is 0 Å². The predicted molar refractivity (Wildman–Crippen MR) is 134 cm³/mol. The molecule has 36 heavy (non-hydrogen) atoms. The van der Waals surface area contributed by atoms with Crippen LogP contribution in [0.2, 0.25) is 0 Å². The number of aromatic amines is 1. The first-order valence-electron chi connectivity index (χ1n) is 13.0. The van der Waals surface area contributed by atoms with E-state index in [0.717, 1.165) is 36.8 Å². The van der Waals surface area contributed by atoms with Gasteiger partial charge in [-0.05, 0) is 79.7 Å². The zero-order valence-electron chi connectivity index (χ0n) is 20.2. The Bertz CT molecular complexity index is 1320. The van der Waals surface area contributed by atoms with Gasteiger partial charge in [0, 0.05) is 30.9 Å². The molecule has 0 spiro atoms. The number of phenols is 1. The van der Waals surface area contributed by atoms with E-state index in [1.165, 1.54) is 5.56 Å². The van der Waals surface area contributed by atoms with Crippen molar-refractivity contribution >= 4 is 22.7 Å². The molecule has 4 N–H and O–H groups in total. The van der Waals surface area contributed by atoms with Crippen molar-refractivity contribution < 1.29 is 19.8 Å². The Balaban J connectivity index is 1.07. The molecule has 0 radical (unpaired) electrons. The Hall–Kier alpha value is -3.39. The van der Waals surface area contributed by atoms with Gasteiger partial charge in [0.1, 0.15) is 11.4 Å². The summed E-state index contributed by atoms with van der Waals surface area (Å²) in [5.41, 5.74) is 2.01. The summed E-state index contributed by atoms with van der Waals surface area (Å²) in [7, 11) is 0. The minimum absolute atomic E-state index is 0.0560. The summed E-state index contributed by atoms with van der Waals surface area (Å²) in [6, 6.07) is 13.0. The molecule has 8 heteroatoms. The monoisotopic (exact) mass is 488 g/mol. The summed E-state index contributed by atoms with van der Waals surface area (Å²) in [6.07, 6.45) is 5.07. The number of benzene rings is 2. The molecule has 188 valence electrons. The van der Waals surface area contributed by atoms with Gasteiger partial charge in [-0.2, -0.15) is 5.10 Å². The van der Waals surface area contributed by atoms with Crippen LogP contribution in [-0.4, -0.2) is 61.9 Å². The molecule has 2 amide bonds. The molecule has 4 unspecified atom stereocenters. The molecule has 2 aliphatic carbocycles. The summed E-state index contributed by atoms with van der Waals surface area (Å²) in [5.74, 6) is 0.579. The number of aromatic nitrogens is 2. The first-order valence-corrected chi connectivity index (χ1v) is 13.0. The fourth-order valence-electron chi connectivity index (χ4n) is 6.48. The molecule has 1 aromatic heterocycles. The summed E-state index contributed by atoms with van der Waals surface area (Å²) in [5, 5.41) is 31.9. The van der Waals surface area contributed by atoms with Gasteiger partial charge in [-0.1, -0.05) is 24.3 Å². The number of piperidine rings is 1. The summed E-state index contributed by atoms with van der Waals surface area (Å²) in [4.78, 5) is 28.2. The number of hydrogen-bond acceptors (Lipinski definition) is 5. The van der Waals surface area contributed by atoms with Crippen LogP contribution in [-0.2, 0) is 17.6 Å². The molecule has 4 atom stereocenters. The average Bonchev–Trinajstić information content (AvgIpc) is 3.30. The van der Waals surface area contributed by atoms with Gasteiger partial charge in [0.05, 0.1) is 5.52 Å². The van der Waals surface area contributed by atoms with Crippen LogP contribution in [0.3, 0.4) is 0 Å². The minimum atomic E-state index is -1.35. The number of aryl methyl sites for hydroxylation is 1. The smallest absolute Gasteiger partial charge is 0.275 e. The number of carbonyl (C=O) groups is 2. The van der Waals surface area contributed by atoms with Crippen molar-refractivity contribution in [3.05, 3.63) is 59.3 Å². The second kappa shape index (κ2) is 8.92. The molecule has 1 saturated carbocycles. The third-order valence-corrected chi connectivity index (χ3v) is 8.57. The lowest BCUT2D eigenvalue weighted by atomic mass is 9.72. The van der Waals surface area contributed by atoms with Gasteiger partial charge in [0.2, 0.25) is 0 Å². The quantitative estimate of drug-likeness (QED) is 0.452. The van der Waals surface area contributed by atoms with Crippen molar-refractivity contribution in [1.82, 2.24) is 20.4 Å². The van der Waals surface area contributed by atoms with Crippen LogP contribution in [0.1, 0.15) is 53.7 Å². The van der Waals surface area contributed by atoms with Crippen LogP contribution in [0.5, 0.6) is 5.75 Å². The summed E-state index contributed by atoms with van der Waals surface area (Å²) in [6.45, 7) is 1.33. The molecule has 8 nitrogen and oxygen atoms in total. The van der Waals surface area contributed by atoms with E-state index in [1.807, 2.05) is 23.1 Å². The molecule has 3 aliphatic rings. The number of fused-ring (bicyclic) bond motifs is 3. The molecule has 1 aliphatic heterocycles. The number of likely N-dealkylation sites (tertiary alicyclic amines) is 1. The summed E-state index contributed by atoms with van der Waals surface area (Å²) < 4.78 is 0. The Kier molecular flexibility index (Phi) is 5.71. The van der Waals surface area contributed by atoms with E-state index >= 15 is 0 Å². The minimum Gasteiger partial charge on any atom is -0.508 e. The lowest BCUT2D eigenvalue weighted by Gasteiger charge is -2.44. The SMILES string of the molecule is O=C(c1n[nH]c2ccc(O)cc12)N1CCC2CC(NC(=O)C3(O)CCc4ccccc4C3)CCC2C1. The highest BCUT2D eigenvalue weighted by atomic mass is 16.3. The van der Waals surface area contributed by atoms with Gasteiger partial charge in [-0.3, -0.25) is 14.7 Å². The molecule has 2 heterocycles. The van der Waals surface area contributed by atoms with Crippen molar-refractivity contribution in [1.29, 1.82) is 0 Å². The number of amides is 2. The molecule has 2 aromatic carbocycles. The predicted octanol–water partition coefficient (Wildman–Crippen LogP) is 2.94. The lowest BCUT2D eigenvalue weighted by Crippen LogP contribution is -2.55. The maximum atomic E-state index is 13.2. The third kappa shape index (κ3) is 4.13. The molecule has 3 aromatic rings. The molecular weight excluding hydrogens is 456 g/mol. The number of phenolic OH excluding ortho intramolecular Hbond substituents is 1. The van der Waals surface area contributed by atoms with Crippen molar-refractivity contribution in [2.75, 3.05) is 13.1 Å². The number of hydrogen-bond donors (Lipinski definition) is 4. The average molecular weight is 489 g/mol. The number of nitrogens with one attached hydrogen (secondary N) is 2. The third-order valence-electron chi connectivity index (χ3n) is 8.57.